The van der Waals surface area contributed by atoms with E-state index in [1.807, 2.05) is 6.08 Å². The largest absolute Gasteiger partial charge is 0.361 e. The fourth-order valence-electron chi connectivity index (χ4n) is 0.900. The van der Waals surface area contributed by atoms with Crippen molar-refractivity contribution < 1.29 is 4.79 Å². The first-order valence-electron chi connectivity index (χ1n) is 4.17. The first-order valence-corrected chi connectivity index (χ1v) is 5.15. The van der Waals surface area contributed by atoms with Crippen LogP contribution in [0.1, 0.15) is 12.6 Å². The van der Waals surface area contributed by atoms with Crippen molar-refractivity contribution in [3.05, 3.63) is 40.3 Å². The van der Waals surface area contributed by atoms with Gasteiger partial charge in [-0.1, -0.05) is 17.8 Å². The summed E-state index contributed by atoms with van der Waals surface area (Å²) in [6.45, 7) is 1.53. The third kappa shape index (κ3) is 4.09. The predicted molar refractivity (Wildman–Crippen MR) is 59.2 cm³/mol. The van der Waals surface area contributed by atoms with E-state index in [4.69, 9.17) is 0 Å². The van der Waals surface area contributed by atoms with Crippen molar-refractivity contribution >= 4 is 23.0 Å². The van der Waals surface area contributed by atoms with Crippen LogP contribution in [0.5, 0.6) is 0 Å². The van der Waals surface area contributed by atoms with Gasteiger partial charge in [0, 0.05) is 36.7 Å². The van der Waals surface area contributed by atoms with Gasteiger partial charge in [0.15, 0.2) is 10.5 Å². The number of carbonyl (C=O) groups is 1. The molecule has 1 N–H and O–H groups in total. The van der Waals surface area contributed by atoms with E-state index in [0.29, 0.717) is 5.75 Å². The molecule has 0 saturated heterocycles. The van der Waals surface area contributed by atoms with Gasteiger partial charge in [-0.3, -0.25) is 9.59 Å². The van der Waals surface area contributed by atoms with Gasteiger partial charge in [-0.05, 0) is 6.08 Å². The normalized spacial score (nSPS) is 10.6. The molecule has 0 saturated carbocycles. The summed E-state index contributed by atoms with van der Waals surface area (Å²) in [5.41, 5.74) is 0.726. The number of pyridine rings is 1. The van der Waals surface area contributed by atoms with E-state index < -0.39 is 0 Å². The van der Waals surface area contributed by atoms with E-state index >= 15 is 0 Å². The molecule has 0 bridgehead atoms. The Balaban J connectivity index is 2.52. The number of nitrogens with one attached hydrogen (secondary N) is 1. The van der Waals surface area contributed by atoms with E-state index in [1.165, 1.54) is 30.8 Å². The zero-order valence-corrected chi connectivity index (χ0v) is 8.64. The molecular weight excluding hydrogens is 198 g/mol. The van der Waals surface area contributed by atoms with Crippen molar-refractivity contribution in [1.29, 1.82) is 0 Å². The molecule has 0 aromatic carbocycles. The molecule has 3 nitrogen and oxygen atoms in total. The summed E-state index contributed by atoms with van der Waals surface area (Å²) in [5, 5.41) is 0.0937. The molecule has 4 heteroatoms. The maximum absolute atomic E-state index is 10.9. The second kappa shape index (κ2) is 5.44. The maximum Gasteiger partial charge on any atom is 0.186 e. The van der Waals surface area contributed by atoms with Crippen LogP contribution < -0.4 is 5.43 Å². The van der Waals surface area contributed by atoms with Gasteiger partial charge in [-0.15, -0.1) is 0 Å². The Bertz CT molecular complexity index is 395. The summed E-state index contributed by atoms with van der Waals surface area (Å²) in [4.78, 5) is 24.4. The first-order chi connectivity index (χ1) is 6.68. The fourth-order valence-corrected chi connectivity index (χ4v) is 1.33. The smallest absolute Gasteiger partial charge is 0.186 e. The monoisotopic (exact) mass is 209 g/mol. The van der Waals surface area contributed by atoms with E-state index in [9.17, 15) is 9.59 Å². The highest BCUT2D eigenvalue weighted by molar-refractivity contribution is 8.13. The number of hydrogen-bond donors (Lipinski definition) is 1. The Hall–Kier alpha value is -1.29. The second-order valence-corrected chi connectivity index (χ2v) is 3.88. The zero-order valence-electron chi connectivity index (χ0n) is 7.82. The molecule has 0 fully saturated rings. The van der Waals surface area contributed by atoms with Gasteiger partial charge in [0.2, 0.25) is 0 Å². The molecule has 0 unspecified atom stereocenters. The fraction of sp³-hybridized carbons (Fsp3) is 0.200. The summed E-state index contributed by atoms with van der Waals surface area (Å²) >= 11 is 1.24. The number of H-pyrrole nitrogens is 1. The van der Waals surface area contributed by atoms with Gasteiger partial charge >= 0.3 is 0 Å². The summed E-state index contributed by atoms with van der Waals surface area (Å²) in [6.07, 6.45) is 5.23. The Morgan fingerprint density at radius 3 is 3.07 bits per heavy atom. The molecule has 1 rings (SSSR count). The minimum Gasteiger partial charge on any atom is -0.361 e. The lowest BCUT2D eigenvalue weighted by Gasteiger charge is -1.91. The molecule has 1 heterocycles. The highest BCUT2D eigenvalue weighted by Crippen LogP contribution is 2.02. The lowest BCUT2D eigenvalue weighted by atomic mass is 10.3. The minimum atomic E-state index is -0.0254. The number of aromatic nitrogens is 1. The number of rotatable bonds is 3. The van der Waals surface area contributed by atoms with Crippen molar-refractivity contribution in [2.75, 3.05) is 5.75 Å². The van der Waals surface area contributed by atoms with Gasteiger partial charge in [-0.25, -0.2) is 0 Å². The average Bonchev–Trinajstić information content (AvgIpc) is 2.12. The third-order valence-corrected chi connectivity index (χ3v) is 2.24. The topological polar surface area (TPSA) is 49.9 Å². The molecule has 0 aliphatic rings. The summed E-state index contributed by atoms with van der Waals surface area (Å²) in [5.74, 6) is 0.631. The van der Waals surface area contributed by atoms with Crippen LogP contribution in [0.4, 0.5) is 0 Å². The van der Waals surface area contributed by atoms with E-state index in [0.717, 1.165) is 5.69 Å². The van der Waals surface area contributed by atoms with Crippen molar-refractivity contribution in [3.63, 3.8) is 0 Å². The molecule has 14 heavy (non-hydrogen) atoms. The van der Waals surface area contributed by atoms with Crippen LogP contribution in [0.25, 0.3) is 6.08 Å². The summed E-state index contributed by atoms with van der Waals surface area (Å²) < 4.78 is 0. The first kappa shape index (κ1) is 10.8. The molecular formula is C10H11NO2S. The highest BCUT2D eigenvalue weighted by Gasteiger charge is 1.90. The van der Waals surface area contributed by atoms with Crippen molar-refractivity contribution in [2.24, 2.45) is 0 Å². The summed E-state index contributed by atoms with van der Waals surface area (Å²) in [6, 6.07) is 2.97. The van der Waals surface area contributed by atoms with Gasteiger partial charge in [0.25, 0.3) is 0 Å². The summed E-state index contributed by atoms with van der Waals surface area (Å²) in [7, 11) is 0. The van der Waals surface area contributed by atoms with Crippen LogP contribution in [0.3, 0.4) is 0 Å². The third-order valence-electron chi connectivity index (χ3n) is 1.48. The molecule has 74 valence electrons. The molecule has 0 aliphatic carbocycles. The Morgan fingerprint density at radius 1 is 1.64 bits per heavy atom. The zero-order chi connectivity index (χ0) is 10.4. The second-order valence-electron chi connectivity index (χ2n) is 2.68. The molecule has 0 spiro atoms. The number of aromatic amines is 1. The molecule has 0 amide bonds. The van der Waals surface area contributed by atoms with Crippen LogP contribution in [0, 0.1) is 0 Å². The van der Waals surface area contributed by atoms with E-state index in [1.54, 1.807) is 12.3 Å². The van der Waals surface area contributed by atoms with Crippen molar-refractivity contribution in [1.82, 2.24) is 4.98 Å². The average molecular weight is 209 g/mol. The van der Waals surface area contributed by atoms with Crippen LogP contribution in [-0.2, 0) is 4.79 Å². The van der Waals surface area contributed by atoms with E-state index in [2.05, 4.69) is 4.98 Å². The van der Waals surface area contributed by atoms with Gasteiger partial charge in [0.1, 0.15) is 0 Å². The minimum absolute atomic E-state index is 0.0254. The molecule has 0 aliphatic heterocycles. The standard InChI is InChI=1S/C10H11NO2S/c1-8(12)14-6-2-3-9-7-10(13)4-5-11-9/h2-5,7H,6H2,1H3,(H,11,13). The van der Waals surface area contributed by atoms with Gasteiger partial charge < -0.3 is 4.98 Å². The number of hydrogen-bond acceptors (Lipinski definition) is 3. The molecule has 0 radical (unpaired) electrons. The van der Waals surface area contributed by atoms with Crippen LogP contribution in [0.2, 0.25) is 0 Å². The Labute approximate surface area is 86.2 Å². The lowest BCUT2D eigenvalue weighted by Crippen LogP contribution is -1.97. The lowest BCUT2D eigenvalue weighted by molar-refractivity contribution is -0.109. The molecule has 1 aromatic rings. The predicted octanol–water partition coefficient (Wildman–Crippen LogP) is 1.67. The number of carbonyl (C=O) groups excluding carboxylic acids is 1. The van der Waals surface area contributed by atoms with Crippen molar-refractivity contribution in [3.8, 4) is 0 Å². The SMILES string of the molecule is CC(=O)SCC=Cc1cc(=O)cc[nH]1. The van der Waals surface area contributed by atoms with Crippen LogP contribution in [0.15, 0.2) is 29.2 Å². The Morgan fingerprint density at radius 2 is 2.43 bits per heavy atom. The number of thioether (sulfide) groups is 1. The maximum atomic E-state index is 10.9. The van der Waals surface area contributed by atoms with Crippen molar-refractivity contribution in [2.45, 2.75) is 6.92 Å². The van der Waals surface area contributed by atoms with Crippen LogP contribution in [-0.4, -0.2) is 15.9 Å². The highest BCUT2D eigenvalue weighted by atomic mass is 32.2. The van der Waals surface area contributed by atoms with Crippen LogP contribution >= 0.6 is 11.8 Å². The van der Waals surface area contributed by atoms with Gasteiger partial charge in [-0.2, -0.15) is 0 Å². The van der Waals surface area contributed by atoms with E-state index in [-0.39, 0.29) is 10.5 Å². The quantitative estimate of drug-likeness (QED) is 0.823. The Kier molecular flexibility index (Phi) is 4.19. The van der Waals surface area contributed by atoms with Gasteiger partial charge in [0.05, 0.1) is 0 Å². The molecule has 0 atom stereocenters. The molecule has 1 aromatic heterocycles.